The van der Waals surface area contributed by atoms with Crippen LogP contribution in [0, 0.1) is 0 Å². The molecule has 0 amide bonds. The molecule has 0 bridgehead atoms. The monoisotopic (exact) mass is 384 g/mol. The van der Waals surface area contributed by atoms with Crippen LogP contribution >= 0.6 is 12.4 Å². The van der Waals surface area contributed by atoms with E-state index in [1.807, 2.05) is 12.1 Å². The number of alkyl halides is 3. The van der Waals surface area contributed by atoms with Crippen molar-refractivity contribution in [3.05, 3.63) is 59.2 Å². The van der Waals surface area contributed by atoms with Gasteiger partial charge in [-0.1, -0.05) is 12.1 Å². The fourth-order valence-corrected chi connectivity index (χ4v) is 3.37. The predicted octanol–water partition coefficient (Wildman–Crippen LogP) is 4.25. The Morgan fingerprint density at radius 3 is 2.38 bits per heavy atom. The maximum atomic E-state index is 12.7. The quantitative estimate of drug-likeness (QED) is 0.856. The zero-order chi connectivity index (χ0) is 17.4. The Morgan fingerprint density at radius 1 is 1.04 bits per heavy atom. The average molecular weight is 385 g/mol. The highest BCUT2D eigenvalue weighted by Crippen LogP contribution is 2.34. The van der Waals surface area contributed by atoms with E-state index in [0.717, 1.165) is 56.0 Å². The summed E-state index contributed by atoms with van der Waals surface area (Å²) in [6, 6.07) is 11.4. The largest absolute Gasteiger partial charge is 0.457 e. The molecule has 2 aromatic rings. The molecule has 2 aromatic carbocycles. The van der Waals surface area contributed by atoms with Crippen molar-refractivity contribution >= 4 is 12.4 Å². The molecule has 2 aliphatic heterocycles. The number of hydrogen-bond donors (Lipinski definition) is 1. The van der Waals surface area contributed by atoms with Gasteiger partial charge in [-0.25, -0.2) is 0 Å². The molecule has 1 saturated heterocycles. The second kappa shape index (κ2) is 7.47. The van der Waals surface area contributed by atoms with Crippen LogP contribution in [0.2, 0.25) is 0 Å². The molecule has 26 heavy (non-hydrogen) atoms. The average Bonchev–Trinajstić information content (AvgIpc) is 2.53. The fourth-order valence-electron chi connectivity index (χ4n) is 3.37. The van der Waals surface area contributed by atoms with Gasteiger partial charge in [0.25, 0.3) is 0 Å². The molecule has 4 rings (SSSR count). The lowest BCUT2D eigenvalue weighted by molar-refractivity contribution is -0.137. The van der Waals surface area contributed by atoms with E-state index in [0.29, 0.717) is 11.8 Å². The smallest absolute Gasteiger partial charge is 0.416 e. The number of fused-ring (bicyclic) bond motifs is 1. The van der Waals surface area contributed by atoms with Crippen molar-refractivity contribution < 1.29 is 17.9 Å². The molecule has 1 fully saturated rings. The van der Waals surface area contributed by atoms with Crippen molar-refractivity contribution in [1.29, 1.82) is 0 Å². The summed E-state index contributed by atoms with van der Waals surface area (Å²) in [5.74, 6) is 1.16. The molecule has 0 aliphatic carbocycles. The fraction of sp³-hybridized carbons (Fsp3) is 0.368. The Hall–Kier alpha value is -1.76. The number of nitrogens with one attached hydrogen (secondary N) is 1. The Kier molecular flexibility index (Phi) is 5.46. The third-order valence-corrected chi connectivity index (χ3v) is 4.94. The van der Waals surface area contributed by atoms with Gasteiger partial charge < -0.3 is 10.1 Å². The Labute approximate surface area is 156 Å². The number of benzene rings is 2. The summed E-state index contributed by atoms with van der Waals surface area (Å²) < 4.78 is 43.9. The van der Waals surface area contributed by atoms with Gasteiger partial charge in [0.1, 0.15) is 11.5 Å². The summed E-state index contributed by atoms with van der Waals surface area (Å²) in [5, 5.41) is 3.30. The summed E-state index contributed by atoms with van der Waals surface area (Å²) >= 11 is 0. The normalized spacial score (nSPS) is 17.8. The van der Waals surface area contributed by atoms with Crippen LogP contribution in [0.25, 0.3) is 0 Å². The molecular formula is C19H20ClF3N2O. The molecule has 0 spiro atoms. The minimum atomic E-state index is -4.33. The Balaban J connectivity index is 0.00000196. The molecular weight excluding hydrogens is 365 g/mol. The van der Waals surface area contributed by atoms with Crippen LogP contribution in [-0.4, -0.2) is 30.6 Å². The van der Waals surface area contributed by atoms with E-state index < -0.39 is 11.7 Å². The Morgan fingerprint density at radius 2 is 1.77 bits per heavy atom. The first-order valence-corrected chi connectivity index (χ1v) is 8.41. The van der Waals surface area contributed by atoms with Gasteiger partial charge in [0, 0.05) is 37.8 Å². The third-order valence-electron chi connectivity index (χ3n) is 4.94. The van der Waals surface area contributed by atoms with Gasteiger partial charge in [-0.2, -0.15) is 13.2 Å². The van der Waals surface area contributed by atoms with Crippen molar-refractivity contribution in [3.63, 3.8) is 0 Å². The second-order valence-electron chi connectivity index (χ2n) is 6.55. The molecule has 2 heterocycles. The van der Waals surface area contributed by atoms with E-state index in [9.17, 15) is 13.2 Å². The van der Waals surface area contributed by atoms with E-state index in [-0.39, 0.29) is 12.4 Å². The molecule has 140 valence electrons. The molecule has 0 atom stereocenters. The SMILES string of the molecule is Cl.FC(F)(F)c1ccc(Oc2cccc3c2CCN(C2CNC2)C3)cc1. The highest BCUT2D eigenvalue weighted by atomic mass is 35.5. The molecule has 0 aromatic heterocycles. The number of hydrogen-bond acceptors (Lipinski definition) is 3. The van der Waals surface area contributed by atoms with Crippen molar-refractivity contribution in [2.45, 2.75) is 25.2 Å². The maximum Gasteiger partial charge on any atom is 0.416 e. The number of nitrogens with zero attached hydrogens (tertiary/aromatic N) is 1. The van der Waals surface area contributed by atoms with Gasteiger partial charge >= 0.3 is 6.18 Å². The summed E-state index contributed by atoms with van der Waals surface area (Å²) in [7, 11) is 0. The molecule has 0 saturated carbocycles. The van der Waals surface area contributed by atoms with Crippen molar-refractivity contribution in [1.82, 2.24) is 10.2 Å². The van der Waals surface area contributed by atoms with Gasteiger partial charge in [0.2, 0.25) is 0 Å². The lowest BCUT2D eigenvalue weighted by Gasteiger charge is -2.41. The summed E-state index contributed by atoms with van der Waals surface area (Å²) in [6.07, 6.45) is -3.44. The van der Waals surface area contributed by atoms with Crippen LogP contribution in [0.5, 0.6) is 11.5 Å². The van der Waals surface area contributed by atoms with Gasteiger partial charge in [0.05, 0.1) is 5.56 Å². The number of halogens is 4. The predicted molar refractivity (Wildman–Crippen MR) is 96.0 cm³/mol. The zero-order valence-corrected chi connectivity index (χ0v) is 14.9. The second-order valence-corrected chi connectivity index (χ2v) is 6.55. The topological polar surface area (TPSA) is 24.5 Å². The van der Waals surface area contributed by atoms with E-state index in [1.165, 1.54) is 17.7 Å². The van der Waals surface area contributed by atoms with Crippen molar-refractivity contribution in [2.24, 2.45) is 0 Å². The third kappa shape index (κ3) is 3.82. The first kappa shape index (κ1) is 19.0. The highest BCUT2D eigenvalue weighted by Gasteiger charge is 2.30. The molecule has 2 aliphatic rings. The van der Waals surface area contributed by atoms with Crippen LogP contribution in [0.15, 0.2) is 42.5 Å². The first-order chi connectivity index (χ1) is 12.0. The van der Waals surface area contributed by atoms with Crippen LogP contribution < -0.4 is 10.1 Å². The maximum absolute atomic E-state index is 12.7. The first-order valence-electron chi connectivity index (χ1n) is 8.41. The van der Waals surface area contributed by atoms with Gasteiger partial charge in [-0.15, -0.1) is 12.4 Å². The zero-order valence-electron chi connectivity index (χ0n) is 14.1. The molecule has 1 N–H and O–H groups in total. The van der Waals surface area contributed by atoms with Crippen LogP contribution in [0.3, 0.4) is 0 Å². The van der Waals surface area contributed by atoms with Crippen LogP contribution in [0.1, 0.15) is 16.7 Å². The van der Waals surface area contributed by atoms with E-state index in [2.05, 4.69) is 16.3 Å². The highest BCUT2D eigenvalue weighted by molar-refractivity contribution is 5.85. The van der Waals surface area contributed by atoms with Crippen molar-refractivity contribution in [3.8, 4) is 11.5 Å². The Bertz CT molecular complexity index is 760. The number of rotatable bonds is 3. The minimum absolute atomic E-state index is 0. The van der Waals surface area contributed by atoms with Crippen LogP contribution in [0.4, 0.5) is 13.2 Å². The lowest BCUT2D eigenvalue weighted by Crippen LogP contribution is -2.58. The standard InChI is InChI=1S/C19H19F3N2O.ClH/c20-19(21,22)14-4-6-16(7-5-14)25-18-3-1-2-13-12-24(9-8-17(13)18)15-10-23-11-15;/h1-7,15,23H,8-12H2;1H. The van der Waals surface area contributed by atoms with E-state index in [1.54, 1.807) is 0 Å². The van der Waals surface area contributed by atoms with Crippen molar-refractivity contribution in [2.75, 3.05) is 19.6 Å². The minimum Gasteiger partial charge on any atom is -0.457 e. The van der Waals surface area contributed by atoms with E-state index >= 15 is 0 Å². The van der Waals surface area contributed by atoms with Crippen LogP contribution in [-0.2, 0) is 19.1 Å². The summed E-state index contributed by atoms with van der Waals surface area (Å²) in [4.78, 5) is 2.47. The van der Waals surface area contributed by atoms with Gasteiger partial charge in [-0.05, 0) is 42.3 Å². The lowest BCUT2D eigenvalue weighted by atomic mass is 9.96. The molecule has 0 unspecified atom stereocenters. The summed E-state index contributed by atoms with van der Waals surface area (Å²) in [6.45, 7) is 3.95. The molecule has 7 heteroatoms. The summed E-state index contributed by atoms with van der Waals surface area (Å²) in [5.41, 5.74) is 1.73. The number of ether oxygens (including phenoxy) is 1. The van der Waals surface area contributed by atoms with E-state index in [4.69, 9.17) is 4.74 Å². The van der Waals surface area contributed by atoms with Gasteiger partial charge in [-0.3, -0.25) is 4.90 Å². The van der Waals surface area contributed by atoms with Gasteiger partial charge in [0.15, 0.2) is 0 Å². The molecule has 3 nitrogen and oxygen atoms in total. The molecule has 0 radical (unpaired) electrons.